The topological polar surface area (TPSA) is 73.2 Å². The predicted molar refractivity (Wildman–Crippen MR) is 119 cm³/mol. The SMILES string of the molecule is C=CCn1c(SCC(=O)NCc2ccc(OC)cc2)nc2sc(C)c(C)c2c1=O. The fraction of sp³-hybridized carbons (Fsp3) is 0.286. The fourth-order valence-corrected chi connectivity index (χ4v) is 4.74. The van der Waals surface area contributed by atoms with Crippen LogP contribution >= 0.6 is 23.1 Å². The molecule has 6 nitrogen and oxygen atoms in total. The summed E-state index contributed by atoms with van der Waals surface area (Å²) in [5, 5.41) is 4.08. The average molecular weight is 430 g/mol. The van der Waals surface area contributed by atoms with Gasteiger partial charge in [0.25, 0.3) is 5.56 Å². The molecule has 1 amide bonds. The van der Waals surface area contributed by atoms with Crippen LogP contribution in [-0.4, -0.2) is 28.3 Å². The molecule has 152 valence electrons. The zero-order valence-corrected chi connectivity index (χ0v) is 18.3. The number of rotatable bonds is 8. The molecule has 0 bridgehead atoms. The molecule has 0 fully saturated rings. The Balaban J connectivity index is 1.71. The molecular weight excluding hydrogens is 406 g/mol. The van der Waals surface area contributed by atoms with Gasteiger partial charge in [-0.2, -0.15) is 0 Å². The number of nitrogens with one attached hydrogen (secondary N) is 1. The minimum absolute atomic E-state index is 0.0853. The third kappa shape index (κ3) is 4.71. The van der Waals surface area contributed by atoms with Crippen LogP contribution in [0.15, 0.2) is 46.9 Å². The second kappa shape index (κ2) is 9.28. The minimum Gasteiger partial charge on any atom is -0.497 e. The van der Waals surface area contributed by atoms with Crippen molar-refractivity contribution in [1.29, 1.82) is 0 Å². The van der Waals surface area contributed by atoms with Crippen molar-refractivity contribution in [3.8, 4) is 5.75 Å². The Kier molecular flexibility index (Phi) is 6.76. The summed E-state index contributed by atoms with van der Waals surface area (Å²) >= 11 is 2.76. The molecule has 2 heterocycles. The van der Waals surface area contributed by atoms with Gasteiger partial charge in [-0.25, -0.2) is 4.98 Å². The first-order valence-electron chi connectivity index (χ1n) is 9.08. The molecular formula is C21H23N3O3S2. The first kappa shape index (κ1) is 21.1. The highest BCUT2D eigenvalue weighted by Crippen LogP contribution is 2.28. The van der Waals surface area contributed by atoms with Gasteiger partial charge in [-0.3, -0.25) is 14.2 Å². The van der Waals surface area contributed by atoms with Crippen molar-refractivity contribution in [2.24, 2.45) is 0 Å². The van der Waals surface area contributed by atoms with Crippen LogP contribution in [0.5, 0.6) is 5.75 Å². The number of allylic oxidation sites excluding steroid dienone is 1. The Morgan fingerprint density at radius 3 is 2.72 bits per heavy atom. The predicted octanol–water partition coefficient (Wildman–Crippen LogP) is 3.68. The van der Waals surface area contributed by atoms with Crippen molar-refractivity contribution in [2.75, 3.05) is 12.9 Å². The quantitative estimate of drug-likeness (QED) is 0.336. The summed E-state index contributed by atoms with van der Waals surface area (Å²) in [7, 11) is 1.62. The van der Waals surface area contributed by atoms with E-state index in [0.717, 1.165) is 21.8 Å². The Morgan fingerprint density at radius 1 is 1.34 bits per heavy atom. The van der Waals surface area contributed by atoms with Crippen LogP contribution in [0.1, 0.15) is 16.0 Å². The molecule has 3 rings (SSSR count). The summed E-state index contributed by atoms with van der Waals surface area (Å²) in [6, 6.07) is 7.53. The van der Waals surface area contributed by atoms with Crippen LogP contribution in [0.3, 0.4) is 0 Å². The van der Waals surface area contributed by atoms with Gasteiger partial charge in [-0.1, -0.05) is 30.0 Å². The van der Waals surface area contributed by atoms with E-state index in [2.05, 4.69) is 16.9 Å². The molecule has 29 heavy (non-hydrogen) atoms. The number of thioether (sulfide) groups is 1. The van der Waals surface area contributed by atoms with Crippen LogP contribution in [0, 0.1) is 13.8 Å². The lowest BCUT2D eigenvalue weighted by Crippen LogP contribution is -2.26. The van der Waals surface area contributed by atoms with Crippen molar-refractivity contribution < 1.29 is 9.53 Å². The van der Waals surface area contributed by atoms with E-state index in [1.54, 1.807) is 17.8 Å². The Hall–Kier alpha value is -2.58. The summed E-state index contributed by atoms with van der Waals surface area (Å²) in [5.41, 5.74) is 1.86. The van der Waals surface area contributed by atoms with Crippen molar-refractivity contribution in [2.45, 2.75) is 32.1 Å². The lowest BCUT2D eigenvalue weighted by atomic mass is 10.2. The van der Waals surface area contributed by atoms with E-state index in [1.807, 2.05) is 38.1 Å². The van der Waals surface area contributed by atoms with Crippen molar-refractivity contribution in [3.05, 3.63) is 63.3 Å². The average Bonchev–Trinajstić information content (AvgIpc) is 3.01. The third-order valence-electron chi connectivity index (χ3n) is 4.55. The number of ether oxygens (including phenoxy) is 1. The van der Waals surface area contributed by atoms with Crippen LogP contribution in [0.25, 0.3) is 10.2 Å². The zero-order valence-electron chi connectivity index (χ0n) is 16.7. The second-order valence-corrected chi connectivity index (χ2v) is 8.62. The number of aryl methyl sites for hydroxylation is 2. The Bertz CT molecular complexity index is 1100. The smallest absolute Gasteiger partial charge is 0.263 e. The van der Waals surface area contributed by atoms with Crippen LogP contribution in [-0.2, 0) is 17.9 Å². The molecule has 0 radical (unpaired) electrons. The second-order valence-electron chi connectivity index (χ2n) is 6.48. The number of nitrogens with zero attached hydrogens (tertiary/aromatic N) is 2. The molecule has 0 spiro atoms. The van der Waals surface area contributed by atoms with E-state index in [9.17, 15) is 9.59 Å². The highest BCUT2D eigenvalue weighted by atomic mass is 32.2. The van der Waals surface area contributed by atoms with Gasteiger partial charge in [0.1, 0.15) is 10.6 Å². The number of fused-ring (bicyclic) bond motifs is 1. The summed E-state index contributed by atoms with van der Waals surface area (Å²) in [6.45, 7) is 8.44. The standard InChI is InChI=1S/C21H23N3O3S2/c1-5-10-24-20(26)18-13(2)14(3)29-19(18)23-21(24)28-12-17(25)22-11-15-6-8-16(27-4)9-7-15/h5-9H,1,10-12H2,2-4H3,(H,22,25). The molecule has 0 atom stereocenters. The lowest BCUT2D eigenvalue weighted by molar-refractivity contribution is -0.118. The largest absolute Gasteiger partial charge is 0.497 e. The molecule has 0 aliphatic rings. The first-order chi connectivity index (χ1) is 13.9. The number of carbonyl (C=O) groups excluding carboxylic acids is 1. The molecule has 1 N–H and O–H groups in total. The number of aromatic nitrogens is 2. The maximum absolute atomic E-state index is 12.9. The number of thiophene rings is 1. The van der Waals surface area contributed by atoms with Crippen LogP contribution < -0.4 is 15.6 Å². The van der Waals surface area contributed by atoms with E-state index < -0.39 is 0 Å². The monoisotopic (exact) mass is 429 g/mol. The maximum Gasteiger partial charge on any atom is 0.263 e. The van der Waals surface area contributed by atoms with Crippen LogP contribution in [0.4, 0.5) is 0 Å². The number of carbonyl (C=O) groups is 1. The molecule has 0 saturated carbocycles. The fourth-order valence-electron chi connectivity index (χ4n) is 2.83. The molecule has 2 aromatic heterocycles. The number of methoxy groups -OCH3 is 1. The van der Waals surface area contributed by atoms with Crippen LogP contribution in [0.2, 0.25) is 0 Å². The molecule has 1 aromatic carbocycles. The summed E-state index contributed by atoms with van der Waals surface area (Å²) in [4.78, 5) is 31.7. The van der Waals surface area contributed by atoms with Crippen molar-refractivity contribution in [1.82, 2.24) is 14.9 Å². The summed E-state index contributed by atoms with van der Waals surface area (Å²) < 4.78 is 6.71. The van der Waals surface area contributed by atoms with Gasteiger partial charge in [0, 0.05) is 18.0 Å². The van der Waals surface area contributed by atoms with E-state index in [0.29, 0.717) is 28.5 Å². The van der Waals surface area contributed by atoms with Gasteiger partial charge in [0.2, 0.25) is 5.91 Å². The van der Waals surface area contributed by atoms with E-state index >= 15 is 0 Å². The molecule has 0 aliphatic carbocycles. The van der Waals surface area contributed by atoms with Gasteiger partial charge >= 0.3 is 0 Å². The first-order valence-corrected chi connectivity index (χ1v) is 10.9. The Morgan fingerprint density at radius 2 is 2.07 bits per heavy atom. The van der Waals surface area contributed by atoms with E-state index in [1.165, 1.54) is 23.1 Å². The van der Waals surface area contributed by atoms with Crippen molar-refractivity contribution >= 4 is 39.2 Å². The molecule has 0 unspecified atom stereocenters. The summed E-state index contributed by atoms with van der Waals surface area (Å²) in [6.07, 6.45) is 1.66. The van der Waals surface area contributed by atoms with Gasteiger partial charge in [-0.05, 0) is 37.1 Å². The minimum atomic E-state index is -0.121. The summed E-state index contributed by atoms with van der Waals surface area (Å²) in [5.74, 6) is 0.828. The molecule has 0 aliphatic heterocycles. The maximum atomic E-state index is 12.9. The Labute approximate surface area is 177 Å². The number of benzene rings is 1. The van der Waals surface area contributed by atoms with Gasteiger partial charge in [0.15, 0.2) is 5.16 Å². The molecule has 8 heteroatoms. The normalized spacial score (nSPS) is 10.9. The highest BCUT2D eigenvalue weighted by Gasteiger charge is 2.17. The van der Waals surface area contributed by atoms with Gasteiger partial charge in [0.05, 0.1) is 18.2 Å². The van der Waals surface area contributed by atoms with E-state index in [-0.39, 0.29) is 17.2 Å². The number of hydrogen-bond acceptors (Lipinski definition) is 6. The lowest BCUT2D eigenvalue weighted by Gasteiger charge is -2.10. The van der Waals surface area contributed by atoms with E-state index in [4.69, 9.17) is 4.74 Å². The number of hydrogen-bond donors (Lipinski definition) is 1. The number of amides is 1. The van der Waals surface area contributed by atoms with Crippen molar-refractivity contribution in [3.63, 3.8) is 0 Å². The zero-order chi connectivity index (χ0) is 21.0. The van der Waals surface area contributed by atoms with Gasteiger partial charge < -0.3 is 10.1 Å². The highest BCUT2D eigenvalue weighted by molar-refractivity contribution is 7.99. The molecule has 3 aromatic rings. The van der Waals surface area contributed by atoms with Gasteiger partial charge in [-0.15, -0.1) is 17.9 Å². The molecule has 0 saturated heterocycles. The third-order valence-corrected chi connectivity index (χ3v) is 6.62.